The number of nitrogens with zero attached hydrogens (tertiary/aromatic N) is 1. The van der Waals surface area contributed by atoms with E-state index in [4.69, 9.17) is 10.5 Å². The number of hydrogen-bond acceptors (Lipinski definition) is 3. The topological polar surface area (TPSA) is 38.5 Å². The van der Waals surface area contributed by atoms with Crippen LogP contribution in [0.15, 0.2) is 0 Å². The fraction of sp³-hybridized carbons (Fsp3) is 1.00. The summed E-state index contributed by atoms with van der Waals surface area (Å²) in [6, 6.07) is 0.810. The molecule has 1 aliphatic heterocycles. The fourth-order valence-electron chi connectivity index (χ4n) is 1.40. The lowest BCUT2D eigenvalue weighted by Crippen LogP contribution is -2.48. The highest BCUT2D eigenvalue weighted by Gasteiger charge is 2.18. The van der Waals surface area contributed by atoms with Crippen molar-refractivity contribution in [2.24, 2.45) is 5.73 Å². The van der Waals surface area contributed by atoms with Crippen molar-refractivity contribution in [3.8, 4) is 0 Å². The smallest absolute Gasteiger partial charge is 0.0619 e. The quantitative estimate of drug-likeness (QED) is 0.617. The molecular formula is C8H18N2O. The van der Waals surface area contributed by atoms with Crippen LogP contribution in [-0.2, 0) is 4.74 Å². The maximum atomic E-state index is 5.70. The molecule has 1 heterocycles. The molecule has 11 heavy (non-hydrogen) atoms. The third-order valence-corrected chi connectivity index (χ3v) is 2.03. The van der Waals surface area contributed by atoms with Crippen molar-refractivity contribution < 1.29 is 4.74 Å². The van der Waals surface area contributed by atoms with Crippen LogP contribution >= 0.6 is 0 Å². The predicted octanol–water partition coefficient (Wildman–Crippen LogP) is 0.0543. The van der Waals surface area contributed by atoms with Crippen LogP contribution in [0.25, 0.3) is 0 Å². The van der Waals surface area contributed by atoms with Crippen molar-refractivity contribution in [1.29, 1.82) is 0 Å². The van der Waals surface area contributed by atoms with E-state index in [1.54, 1.807) is 0 Å². The normalized spacial score (nSPS) is 30.3. The number of nitrogens with two attached hydrogens (primary N) is 1. The van der Waals surface area contributed by atoms with Crippen LogP contribution in [0.4, 0.5) is 0 Å². The van der Waals surface area contributed by atoms with Gasteiger partial charge in [0.05, 0.1) is 13.2 Å². The zero-order valence-corrected chi connectivity index (χ0v) is 7.42. The molecule has 0 aromatic rings. The van der Waals surface area contributed by atoms with Gasteiger partial charge in [-0.2, -0.15) is 0 Å². The SMILES string of the molecule is CC1COCCN1C[C@@H](C)N. The summed E-state index contributed by atoms with van der Waals surface area (Å²) in [7, 11) is 0. The molecule has 0 aromatic carbocycles. The van der Waals surface area contributed by atoms with Gasteiger partial charge < -0.3 is 10.5 Å². The zero-order chi connectivity index (χ0) is 8.27. The third kappa shape index (κ3) is 2.77. The van der Waals surface area contributed by atoms with Crippen LogP contribution in [0.5, 0.6) is 0 Å². The Labute approximate surface area is 68.5 Å². The Morgan fingerprint density at radius 1 is 1.73 bits per heavy atom. The molecule has 3 nitrogen and oxygen atoms in total. The highest BCUT2D eigenvalue weighted by molar-refractivity contribution is 4.73. The molecular weight excluding hydrogens is 140 g/mol. The van der Waals surface area contributed by atoms with Crippen LogP contribution in [0.3, 0.4) is 0 Å². The van der Waals surface area contributed by atoms with E-state index >= 15 is 0 Å². The van der Waals surface area contributed by atoms with Crippen LogP contribution in [0, 0.1) is 0 Å². The van der Waals surface area contributed by atoms with E-state index in [1.807, 2.05) is 6.92 Å². The standard InChI is InChI=1S/C8H18N2O/c1-7(9)5-10-3-4-11-6-8(10)2/h7-8H,3-6,9H2,1-2H3/t7-,8?/m1/s1. The molecule has 2 N–H and O–H groups in total. The molecule has 0 spiro atoms. The van der Waals surface area contributed by atoms with Gasteiger partial charge in [-0.3, -0.25) is 4.90 Å². The second kappa shape index (κ2) is 4.04. The van der Waals surface area contributed by atoms with Gasteiger partial charge in [-0.05, 0) is 13.8 Å². The first-order chi connectivity index (χ1) is 5.20. The van der Waals surface area contributed by atoms with Gasteiger partial charge in [0, 0.05) is 25.2 Å². The van der Waals surface area contributed by atoms with Crippen LogP contribution in [0.1, 0.15) is 13.8 Å². The molecule has 1 unspecified atom stereocenters. The molecule has 0 aromatic heterocycles. The van der Waals surface area contributed by atoms with Crippen molar-refractivity contribution in [1.82, 2.24) is 4.90 Å². The average Bonchev–Trinajstić information content (AvgIpc) is 1.93. The maximum Gasteiger partial charge on any atom is 0.0619 e. The Hall–Kier alpha value is -0.120. The minimum Gasteiger partial charge on any atom is -0.379 e. The molecule has 1 aliphatic rings. The first-order valence-electron chi connectivity index (χ1n) is 4.27. The van der Waals surface area contributed by atoms with E-state index in [9.17, 15) is 0 Å². The summed E-state index contributed by atoms with van der Waals surface area (Å²) >= 11 is 0. The Balaban J connectivity index is 2.29. The van der Waals surface area contributed by atoms with E-state index < -0.39 is 0 Å². The highest BCUT2D eigenvalue weighted by Crippen LogP contribution is 2.05. The van der Waals surface area contributed by atoms with Gasteiger partial charge in [0.1, 0.15) is 0 Å². The van der Waals surface area contributed by atoms with Gasteiger partial charge >= 0.3 is 0 Å². The van der Waals surface area contributed by atoms with Crippen molar-refractivity contribution in [3.05, 3.63) is 0 Å². The Bertz CT molecular complexity index is 117. The van der Waals surface area contributed by atoms with E-state index in [0.717, 1.165) is 26.3 Å². The Morgan fingerprint density at radius 3 is 3.00 bits per heavy atom. The molecule has 0 radical (unpaired) electrons. The Morgan fingerprint density at radius 2 is 2.45 bits per heavy atom. The summed E-state index contributed by atoms with van der Waals surface area (Å²) in [6.07, 6.45) is 0. The van der Waals surface area contributed by atoms with Gasteiger partial charge in [0.25, 0.3) is 0 Å². The molecule has 0 bridgehead atoms. The van der Waals surface area contributed by atoms with E-state index in [0.29, 0.717) is 6.04 Å². The van der Waals surface area contributed by atoms with Gasteiger partial charge in [-0.1, -0.05) is 0 Å². The summed E-state index contributed by atoms with van der Waals surface area (Å²) in [5.41, 5.74) is 5.70. The monoisotopic (exact) mass is 158 g/mol. The van der Waals surface area contributed by atoms with Gasteiger partial charge in [-0.25, -0.2) is 0 Å². The van der Waals surface area contributed by atoms with Crippen molar-refractivity contribution in [2.75, 3.05) is 26.3 Å². The second-order valence-electron chi connectivity index (χ2n) is 3.40. The third-order valence-electron chi connectivity index (χ3n) is 2.03. The van der Waals surface area contributed by atoms with Gasteiger partial charge in [-0.15, -0.1) is 0 Å². The molecule has 0 amide bonds. The molecule has 3 heteroatoms. The van der Waals surface area contributed by atoms with Crippen molar-refractivity contribution in [3.63, 3.8) is 0 Å². The first-order valence-corrected chi connectivity index (χ1v) is 4.27. The molecule has 0 saturated carbocycles. The van der Waals surface area contributed by atoms with E-state index in [-0.39, 0.29) is 6.04 Å². The largest absolute Gasteiger partial charge is 0.379 e. The molecule has 1 saturated heterocycles. The molecule has 1 fully saturated rings. The fourth-order valence-corrected chi connectivity index (χ4v) is 1.40. The summed E-state index contributed by atoms with van der Waals surface area (Å²) in [6.45, 7) is 7.96. The van der Waals surface area contributed by atoms with Crippen LogP contribution in [0.2, 0.25) is 0 Å². The predicted molar refractivity (Wildman–Crippen MR) is 45.5 cm³/mol. The molecule has 66 valence electrons. The van der Waals surface area contributed by atoms with Crippen LogP contribution in [-0.4, -0.2) is 43.3 Å². The lowest BCUT2D eigenvalue weighted by Gasteiger charge is -2.34. The summed E-state index contributed by atoms with van der Waals surface area (Å²) in [5.74, 6) is 0. The highest BCUT2D eigenvalue weighted by atomic mass is 16.5. The summed E-state index contributed by atoms with van der Waals surface area (Å²) < 4.78 is 5.31. The summed E-state index contributed by atoms with van der Waals surface area (Å²) in [5, 5.41) is 0. The second-order valence-corrected chi connectivity index (χ2v) is 3.40. The summed E-state index contributed by atoms with van der Waals surface area (Å²) in [4.78, 5) is 2.38. The molecule has 0 aliphatic carbocycles. The maximum absolute atomic E-state index is 5.70. The van der Waals surface area contributed by atoms with Crippen molar-refractivity contribution >= 4 is 0 Å². The number of rotatable bonds is 2. The van der Waals surface area contributed by atoms with E-state index in [1.165, 1.54) is 0 Å². The number of hydrogen-bond donors (Lipinski definition) is 1. The average molecular weight is 158 g/mol. The van der Waals surface area contributed by atoms with Crippen LogP contribution < -0.4 is 5.73 Å². The Kier molecular flexibility index (Phi) is 3.30. The lowest BCUT2D eigenvalue weighted by atomic mass is 10.2. The zero-order valence-electron chi connectivity index (χ0n) is 7.42. The number of ether oxygens (including phenoxy) is 1. The minimum atomic E-state index is 0.274. The lowest BCUT2D eigenvalue weighted by molar-refractivity contribution is -0.00200. The van der Waals surface area contributed by atoms with Gasteiger partial charge in [0.15, 0.2) is 0 Å². The van der Waals surface area contributed by atoms with Gasteiger partial charge in [0.2, 0.25) is 0 Å². The first kappa shape index (κ1) is 8.97. The molecule has 1 rings (SSSR count). The number of morpholine rings is 1. The van der Waals surface area contributed by atoms with Crippen molar-refractivity contribution in [2.45, 2.75) is 25.9 Å². The van der Waals surface area contributed by atoms with E-state index in [2.05, 4.69) is 11.8 Å². The minimum absolute atomic E-state index is 0.274. The molecule has 2 atom stereocenters.